The Morgan fingerprint density at radius 3 is 2.69 bits per heavy atom. The van der Waals surface area contributed by atoms with Crippen LogP contribution < -0.4 is 9.64 Å². The lowest BCUT2D eigenvalue weighted by Crippen LogP contribution is -2.27. The van der Waals surface area contributed by atoms with Crippen LogP contribution in [-0.4, -0.2) is 18.3 Å². The van der Waals surface area contributed by atoms with Crippen molar-refractivity contribution in [2.45, 2.75) is 0 Å². The first-order chi connectivity index (χ1) is 14.0. The summed E-state index contributed by atoms with van der Waals surface area (Å²) in [4.78, 5) is 26.6. The van der Waals surface area contributed by atoms with Crippen molar-refractivity contribution in [3.63, 3.8) is 0 Å². The number of amides is 2. The van der Waals surface area contributed by atoms with E-state index in [-0.39, 0.29) is 10.1 Å². The largest absolute Gasteiger partial charge is 0.497 e. The number of hydrogen-bond acceptors (Lipinski definition) is 5. The minimum atomic E-state index is -0.424. The second-order valence-corrected chi connectivity index (χ2v) is 7.88. The zero-order valence-corrected chi connectivity index (χ0v) is 17.3. The molecule has 2 amide bonds. The van der Waals surface area contributed by atoms with Gasteiger partial charge >= 0.3 is 0 Å². The summed E-state index contributed by atoms with van der Waals surface area (Å²) in [6, 6.07) is 15.3. The molecule has 0 spiro atoms. The molecular weight excluding hydrogens is 433 g/mol. The maximum atomic E-state index is 12.8. The quantitative estimate of drug-likeness (QED) is 0.428. The molecule has 1 aromatic heterocycles. The van der Waals surface area contributed by atoms with Gasteiger partial charge in [-0.25, -0.2) is 4.90 Å². The molecule has 0 aliphatic carbocycles. The Labute approximate surface area is 180 Å². The van der Waals surface area contributed by atoms with Crippen LogP contribution in [0.3, 0.4) is 0 Å². The maximum Gasteiger partial charge on any atom is 0.298 e. The van der Waals surface area contributed by atoms with Gasteiger partial charge in [0.1, 0.15) is 17.3 Å². The van der Waals surface area contributed by atoms with E-state index in [0.717, 1.165) is 16.7 Å². The number of carbonyl (C=O) groups is 2. The van der Waals surface area contributed by atoms with E-state index in [1.54, 1.807) is 54.6 Å². The first-order valence-electron chi connectivity index (χ1n) is 8.43. The molecule has 146 valence electrons. The van der Waals surface area contributed by atoms with Crippen LogP contribution in [0.2, 0.25) is 10.0 Å². The first-order valence-corrected chi connectivity index (χ1v) is 10.0. The molecule has 1 aliphatic heterocycles. The van der Waals surface area contributed by atoms with Crippen LogP contribution in [0.1, 0.15) is 5.76 Å². The van der Waals surface area contributed by atoms with Gasteiger partial charge in [-0.2, -0.15) is 0 Å². The Balaban J connectivity index is 1.63. The smallest absolute Gasteiger partial charge is 0.298 e. The van der Waals surface area contributed by atoms with Crippen molar-refractivity contribution in [3.8, 4) is 17.1 Å². The van der Waals surface area contributed by atoms with Gasteiger partial charge in [-0.05, 0) is 54.2 Å². The molecule has 0 saturated carbocycles. The summed E-state index contributed by atoms with van der Waals surface area (Å²) in [5, 5.41) is 0.634. The summed E-state index contributed by atoms with van der Waals surface area (Å²) in [5.41, 5.74) is 1.09. The van der Waals surface area contributed by atoms with Gasteiger partial charge in [0.25, 0.3) is 11.1 Å². The summed E-state index contributed by atoms with van der Waals surface area (Å²) in [6.45, 7) is 0. The Morgan fingerprint density at radius 2 is 1.90 bits per heavy atom. The number of rotatable bonds is 4. The van der Waals surface area contributed by atoms with Crippen LogP contribution in [0.25, 0.3) is 17.4 Å². The van der Waals surface area contributed by atoms with E-state index in [1.807, 2.05) is 0 Å². The van der Waals surface area contributed by atoms with Crippen molar-refractivity contribution in [3.05, 3.63) is 75.3 Å². The monoisotopic (exact) mass is 445 g/mol. The highest BCUT2D eigenvalue weighted by molar-refractivity contribution is 8.19. The van der Waals surface area contributed by atoms with Crippen LogP contribution in [-0.2, 0) is 4.79 Å². The van der Waals surface area contributed by atoms with Crippen LogP contribution in [0.5, 0.6) is 5.75 Å². The number of thioether (sulfide) groups is 1. The van der Waals surface area contributed by atoms with Crippen molar-refractivity contribution in [2.75, 3.05) is 12.0 Å². The van der Waals surface area contributed by atoms with E-state index in [4.69, 9.17) is 32.4 Å². The van der Waals surface area contributed by atoms with Crippen molar-refractivity contribution in [1.29, 1.82) is 0 Å². The maximum absolute atomic E-state index is 12.8. The summed E-state index contributed by atoms with van der Waals surface area (Å²) < 4.78 is 11.0. The third-order valence-electron chi connectivity index (χ3n) is 4.20. The van der Waals surface area contributed by atoms with E-state index in [9.17, 15) is 9.59 Å². The highest BCUT2D eigenvalue weighted by Crippen LogP contribution is 2.38. The summed E-state index contributed by atoms with van der Waals surface area (Å²) in [5.74, 6) is 1.06. The lowest BCUT2D eigenvalue weighted by Gasteiger charge is -2.13. The molecular formula is C21H13Cl2NO4S. The molecule has 4 rings (SSSR count). The predicted molar refractivity (Wildman–Crippen MR) is 116 cm³/mol. The fourth-order valence-electron chi connectivity index (χ4n) is 2.83. The Bertz CT molecular complexity index is 1160. The van der Waals surface area contributed by atoms with Gasteiger partial charge in [0.15, 0.2) is 0 Å². The van der Waals surface area contributed by atoms with Crippen LogP contribution in [0.15, 0.2) is 63.9 Å². The molecule has 2 aromatic carbocycles. The third-order valence-corrected chi connectivity index (χ3v) is 5.63. The first kappa shape index (κ1) is 19.6. The molecule has 3 aromatic rings. The van der Waals surface area contributed by atoms with Crippen molar-refractivity contribution in [2.24, 2.45) is 0 Å². The van der Waals surface area contributed by atoms with Gasteiger partial charge in [-0.3, -0.25) is 9.59 Å². The van der Waals surface area contributed by atoms with Crippen LogP contribution >= 0.6 is 35.0 Å². The summed E-state index contributed by atoms with van der Waals surface area (Å²) in [6.07, 6.45) is 1.53. The number of nitrogens with zero attached hydrogens (tertiary/aromatic N) is 1. The lowest BCUT2D eigenvalue weighted by atomic mass is 10.2. The van der Waals surface area contributed by atoms with E-state index >= 15 is 0 Å². The number of methoxy groups -OCH3 is 1. The number of imide groups is 1. The number of halogens is 2. The SMILES string of the molecule is COc1cccc(N2C(=O)S/C(=C/c3ccc(-c4cc(Cl)ccc4Cl)o3)C2=O)c1. The zero-order valence-electron chi connectivity index (χ0n) is 15.0. The van der Waals surface area contributed by atoms with Gasteiger partial charge < -0.3 is 9.15 Å². The van der Waals surface area contributed by atoms with Crippen LogP contribution in [0.4, 0.5) is 10.5 Å². The van der Waals surface area contributed by atoms with E-state index in [0.29, 0.717) is 38.6 Å². The van der Waals surface area contributed by atoms with E-state index in [2.05, 4.69) is 0 Å². The third kappa shape index (κ3) is 3.92. The van der Waals surface area contributed by atoms with Crippen molar-refractivity contribution >= 4 is 57.9 Å². The molecule has 1 fully saturated rings. The Kier molecular flexibility index (Phi) is 5.41. The second-order valence-electron chi connectivity index (χ2n) is 6.04. The molecule has 1 aliphatic rings. The molecule has 0 atom stereocenters. The predicted octanol–water partition coefficient (Wildman–Crippen LogP) is 6.50. The van der Waals surface area contributed by atoms with Crippen LogP contribution in [0, 0.1) is 0 Å². The number of hydrogen-bond donors (Lipinski definition) is 0. The molecule has 0 N–H and O–H groups in total. The summed E-state index contributed by atoms with van der Waals surface area (Å²) >= 11 is 13.1. The number of benzene rings is 2. The number of carbonyl (C=O) groups excluding carboxylic acids is 2. The lowest BCUT2D eigenvalue weighted by molar-refractivity contribution is -0.113. The second kappa shape index (κ2) is 7.99. The van der Waals surface area contributed by atoms with E-state index < -0.39 is 5.91 Å². The van der Waals surface area contributed by atoms with Crippen molar-refractivity contribution in [1.82, 2.24) is 0 Å². The van der Waals surface area contributed by atoms with Gasteiger partial charge in [0, 0.05) is 22.7 Å². The van der Waals surface area contributed by atoms with Crippen molar-refractivity contribution < 1.29 is 18.7 Å². The highest BCUT2D eigenvalue weighted by atomic mass is 35.5. The average Bonchev–Trinajstić information content (AvgIpc) is 3.28. The molecule has 2 heterocycles. The summed E-state index contributed by atoms with van der Waals surface area (Å²) in [7, 11) is 1.52. The number of anilines is 1. The molecule has 0 bridgehead atoms. The fourth-order valence-corrected chi connectivity index (χ4v) is 4.03. The number of furan rings is 1. The molecule has 29 heavy (non-hydrogen) atoms. The Hall–Kier alpha value is -2.67. The standard InChI is InChI=1S/C21H13Cl2NO4S/c1-27-14-4-2-3-13(10-14)24-20(25)19(29-21(24)26)11-15-6-8-18(28-15)16-9-12(22)5-7-17(16)23/h2-11H,1H3/b19-11+. The van der Waals surface area contributed by atoms with Gasteiger partial charge in [-0.1, -0.05) is 29.3 Å². The molecule has 8 heteroatoms. The van der Waals surface area contributed by atoms with E-state index in [1.165, 1.54) is 13.2 Å². The topological polar surface area (TPSA) is 59.8 Å². The molecule has 0 radical (unpaired) electrons. The van der Waals surface area contributed by atoms with Gasteiger partial charge in [0.05, 0.1) is 22.7 Å². The minimum absolute atomic E-state index is 0.260. The minimum Gasteiger partial charge on any atom is -0.497 e. The van der Waals surface area contributed by atoms with Gasteiger partial charge in [0.2, 0.25) is 0 Å². The highest BCUT2D eigenvalue weighted by Gasteiger charge is 2.36. The van der Waals surface area contributed by atoms with Gasteiger partial charge in [-0.15, -0.1) is 0 Å². The Morgan fingerprint density at radius 1 is 1.07 bits per heavy atom. The molecule has 0 unspecified atom stereocenters. The molecule has 5 nitrogen and oxygen atoms in total. The number of ether oxygens (including phenoxy) is 1. The fraction of sp³-hybridized carbons (Fsp3) is 0.0476. The normalized spacial score (nSPS) is 15.4. The zero-order chi connectivity index (χ0) is 20.5. The average molecular weight is 446 g/mol. The molecule has 1 saturated heterocycles.